The maximum absolute atomic E-state index is 12.5. The van der Waals surface area contributed by atoms with Crippen molar-refractivity contribution in [2.24, 2.45) is 7.05 Å². The second-order valence-electron chi connectivity index (χ2n) is 6.45. The topological polar surface area (TPSA) is 59.0 Å². The minimum atomic E-state index is -0.0927. The van der Waals surface area contributed by atoms with Crippen molar-refractivity contribution in [1.82, 2.24) is 15.1 Å². The van der Waals surface area contributed by atoms with Crippen molar-refractivity contribution in [3.05, 3.63) is 77.1 Å². The van der Waals surface area contributed by atoms with Crippen LogP contribution in [0, 0.1) is 6.92 Å². The fraction of sp³-hybridized carbons (Fsp3) is 0.238. The highest BCUT2D eigenvalue weighted by Crippen LogP contribution is 2.26. The molecule has 0 radical (unpaired) electrons. The molecule has 27 heavy (non-hydrogen) atoms. The molecule has 0 fully saturated rings. The van der Waals surface area contributed by atoms with Crippen molar-refractivity contribution >= 4 is 23.5 Å². The lowest BCUT2D eigenvalue weighted by Gasteiger charge is -2.12. The summed E-state index contributed by atoms with van der Waals surface area (Å²) in [6.07, 6.45) is 4.55. The van der Waals surface area contributed by atoms with Gasteiger partial charge < -0.3 is 10.0 Å². The van der Waals surface area contributed by atoms with Gasteiger partial charge in [-0.3, -0.25) is 9.48 Å². The van der Waals surface area contributed by atoms with Crippen molar-refractivity contribution in [1.29, 1.82) is 0 Å². The van der Waals surface area contributed by atoms with E-state index in [1.165, 1.54) is 11.1 Å². The van der Waals surface area contributed by atoms with Crippen LogP contribution in [0.1, 0.15) is 34.0 Å². The highest BCUT2D eigenvalue weighted by atomic mass is 32.2. The molecule has 0 aliphatic rings. The Morgan fingerprint density at radius 3 is 2.63 bits per heavy atom. The van der Waals surface area contributed by atoms with Gasteiger partial charge in [0.15, 0.2) is 0 Å². The Morgan fingerprint density at radius 1 is 1.19 bits per heavy atom. The molecular weight excluding hydrogens is 356 g/mol. The van der Waals surface area contributed by atoms with Gasteiger partial charge >= 0.3 is 0 Å². The van der Waals surface area contributed by atoms with Gasteiger partial charge in [0, 0.05) is 41.5 Å². The summed E-state index contributed by atoms with van der Waals surface area (Å²) in [5, 5.41) is 7.06. The Hall–Kier alpha value is -2.73. The number of hydrogen-bond acceptors (Lipinski definition) is 4. The summed E-state index contributed by atoms with van der Waals surface area (Å²) in [4.78, 5) is 13.6. The minimum absolute atomic E-state index is 0.0927. The Morgan fingerprint density at radius 2 is 1.96 bits per heavy atom. The van der Waals surface area contributed by atoms with E-state index in [2.05, 4.69) is 53.3 Å². The van der Waals surface area contributed by atoms with Gasteiger partial charge in [-0.2, -0.15) is 5.10 Å². The maximum atomic E-state index is 12.5. The summed E-state index contributed by atoms with van der Waals surface area (Å²) in [6.45, 7) is 4.65. The van der Waals surface area contributed by atoms with Gasteiger partial charge in [-0.05, 0) is 55.1 Å². The molecule has 0 saturated heterocycles. The Bertz CT molecular complexity index is 918. The van der Waals surface area contributed by atoms with Gasteiger partial charge in [-0.25, -0.2) is 0 Å². The van der Waals surface area contributed by atoms with Crippen molar-refractivity contribution in [2.45, 2.75) is 31.7 Å². The summed E-state index contributed by atoms with van der Waals surface area (Å²) in [5.74, 6) is -0.0927. The van der Waals surface area contributed by atoms with Crippen molar-refractivity contribution < 1.29 is 4.79 Å². The summed E-state index contributed by atoms with van der Waals surface area (Å²) in [6, 6.07) is 14.2. The third kappa shape index (κ3) is 5.14. The summed E-state index contributed by atoms with van der Waals surface area (Å²) < 4.78 is 5.12. The first kappa shape index (κ1) is 19.0. The van der Waals surface area contributed by atoms with Crippen LogP contribution in [-0.2, 0) is 20.0 Å². The van der Waals surface area contributed by atoms with E-state index in [4.69, 9.17) is 0 Å². The standard InChI is InChI=1S/C21H24N4OS/c1-4-17-7-8-18(21(26)22-12-16-13-23-25(3)14-16)11-20(17)24-27-19-9-5-15(2)6-10-19/h5-11,13-14,24H,4,12H2,1-3H3,(H,22,26). The lowest BCUT2D eigenvalue weighted by atomic mass is 10.1. The predicted octanol–water partition coefficient (Wildman–Crippen LogP) is 4.34. The van der Waals surface area contributed by atoms with Crippen LogP contribution in [0.5, 0.6) is 0 Å². The molecule has 3 aromatic rings. The van der Waals surface area contributed by atoms with Crippen molar-refractivity contribution in [3.8, 4) is 0 Å². The van der Waals surface area contributed by atoms with Gasteiger partial charge in [-0.1, -0.05) is 30.7 Å². The molecule has 0 saturated carbocycles. The highest BCUT2D eigenvalue weighted by Gasteiger charge is 2.10. The minimum Gasteiger partial charge on any atom is -0.348 e. The zero-order chi connectivity index (χ0) is 19.2. The van der Waals surface area contributed by atoms with E-state index in [0.29, 0.717) is 12.1 Å². The lowest BCUT2D eigenvalue weighted by Crippen LogP contribution is -2.22. The molecule has 1 aromatic heterocycles. The number of carbonyl (C=O) groups excluding carboxylic acids is 1. The van der Waals surface area contributed by atoms with E-state index < -0.39 is 0 Å². The second-order valence-corrected chi connectivity index (χ2v) is 7.33. The van der Waals surface area contributed by atoms with E-state index in [-0.39, 0.29) is 5.91 Å². The maximum Gasteiger partial charge on any atom is 0.251 e. The molecule has 3 rings (SSSR count). The number of hydrogen-bond donors (Lipinski definition) is 2. The van der Waals surface area contributed by atoms with Crippen LogP contribution in [0.15, 0.2) is 59.8 Å². The first-order chi connectivity index (χ1) is 13.0. The molecule has 0 unspecified atom stereocenters. The number of anilines is 1. The molecular formula is C21H24N4OS. The van der Waals surface area contributed by atoms with E-state index in [1.54, 1.807) is 22.8 Å². The lowest BCUT2D eigenvalue weighted by molar-refractivity contribution is 0.0951. The molecule has 1 heterocycles. The highest BCUT2D eigenvalue weighted by molar-refractivity contribution is 8.00. The Kier molecular flexibility index (Phi) is 6.19. The predicted molar refractivity (Wildman–Crippen MR) is 111 cm³/mol. The van der Waals surface area contributed by atoms with Crippen LogP contribution in [0.4, 0.5) is 5.69 Å². The van der Waals surface area contributed by atoms with Crippen molar-refractivity contribution in [3.63, 3.8) is 0 Å². The van der Waals surface area contributed by atoms with E-state index in [1.807, 2.05) is 31.4 Å². The monoisotopic (exact) mass is 380 g/mol. The molecule has 0 spiro atoms. The molecule has 5 nitrogen and oxygen atoms in total. The van der Waals surface area contributed by atoms with Crippen LogP contribution in [-0.4, -0.2) is 15.7 Å². The smallest absolute Gasteiger partial charge is 0.251 e. The van der Waals surface area contributed by atoms with Crippen LogP contribution < -0.4 is 10.0 Å². The Labute approximate surface area is 164 Å². The number of rotatable bonds is 7. The second kappa shape index (κ2) is 8.77. The number of nitrogens with zero attached hydrogens (tertiary/aromatic N) is 2. The van der Waals surface area contributed by atoms with Crippen molar-refractivity contribution in [2.75, 3.05) is 4.72 Å². The van der Waals surface area contributed by atoms with Crippen LogP contribution in [0.25, 0.3) is 0 Å². The molecule has 140 valence electrons. The number of aryl methyl sites for hydroxylation is 3. The van der Waals surface area contributed by atoms with E-state index in [9.17, 15) is 4.79 Å². The number of carbonyl (C=O) groups is 1. The average Bonchev–Trinajstić information content (AvgIpc) is 3.10. The molecule has 2 aromatic carbocycles. The van der Waals surface area contributed by atoms with Crippen LogP contribution in [0.3, 0.4) is 0 Å². The third-order valence-electron chi connectivity index (χ3n) is 4.26. The van der Waals surface area contributed by atoms with Gasteiger partial charge in [0.05, 0.1) is 6.20 Å². The van der Waals surface area contributed by atoms with Gasteiger partial charge in [0.25, 0.3) is 5.91 Å². The molecule has 0 bridgehead atoms. The number of benzene rings is 2. The number of amides is 1. The molecule has 0 aliphatic carbocycles. The van der Waals surface area contributed by atoms with Crippen LogP contribution in [0.2, 0.25) is 0 Å². The first-order valence-corrected chi connectivity index (χ1v) is 9.75. The molecule has 2 N–H and O–H groups in total. The molecule has 1 amide bonds. The van der Waals surface area contributed by atoms with E-state index in [0.717, 1.165) is 22.6 Å². The third-order valence-corrected chi connectivity index (χ3v) is 5.09. The fourth-order valence-corrected chi connectivity index (χ4v) is 3.38. The van der Waals surface area contributed by atoms with Gasteiger partial charge in [0.1, 0.15) is 0 Å². The van der Waals surface area contributed by atoms with E-state index >= 15 is 0 Å². The largest absolute Gasteiger partial charge is 0.348 e. The zero-order valence-corrected chi connectivity index (χ0v) is 16.6. The van der Waals surface area contributed by atoms with Crippen LogP contribution >= 0.6 is 11.9 Å². The molecule has 0 atom stereocenters. The summed E-state index contributed by atoms with van der Waals surface area (Å²) in [7, 11) is 1.86. The normalized spacial score (nSPS) is 10.6. The number of aromatic nitrogens is 2. The van der Waals surface area contributed by atoms with Gasteiger partial charge in [-0.15, -0.1) is 0 Å². The molecule has 6 heteroatoms. The fourth-order valence-electron chi connectivity index (χ4n) is 2.69. The summed E-state index contributed by atoms with van der Waals surface area (Å²) >= 11 is 1.55. The SMILES string of the molecule is CCc1ccc(C(=O)NCc2cnn(C)c2)cc1NSc1ccc(C)cc1. The Balaban J connectivity index is 1.68. The summed E-state index contributed by atoms with van der Waals surface area (Å²) in [5.41, 5.74) is 5.00. The molecule has 0 aliphatic heterocycles. The first-order valence-electron chi connectivity index (χ1n) is 8.93. The average molecular weight is 381 g/mol. The quantitative estimate of drug-likeness (QED) is 0.599. The zero-order valence-electron chi connectivity index (χ0n) is 15.8. The number of nitrogens with one attached hydrogen (secondary N) is 2. The van der Waals surface area contributed by atoms with Gasteiger partial charge in [0.2, 0.25) is 0 Å².